The summed E-state index contributed by atoms with van der Waals surface area (Å²) in [5.74, 6) is 3.08. The number of nitrogens with two attached hydrogens (primary N) is 1. The van der Waals surface area contributed by atoms with E-state index in [4.69, 9.17) is 15.2 Å². The molecule has 3 N–H and O–H groups in total. The summed E-state index contributed by atoms with van der Waals surface area (Å²) in [5.41, 5.74) is 9.77. The van der Waals surface area contributed by atoms with Crippen molar-refractivity contribution < 1.29 is 43.9 Å². The fourth-order valence-electron chi connectivity index (χ4n) is 7.02. The zero-order valence-corrected chi connectivity index (χ0v) is 39.2. The number of nitro benzene ring substituents is 2. The van der Waals surface area contributed by atoms with Gasteiger partial charge in [0.2, 0.25) is 0 Å². The molecule has 6 rings (SSSR count). The van der Waals surface area contributed by atoms with Gasteiger partial charge in [0.05, 0.1) is 45.1 Å². The largest absolute Gasteiger partial charge is 0.507 e. The molecule has 0 saturated heterocycles. The summed E-state index contributed by atoms with van der Waals surface area (Å²) in [6.07, 6.45) is 14.4. The van der Waals surface area contributed by atoms with Crippen molar-refractivity contribution in [3.8, 4) is 17.2 Å². The number of phenols is 1. The van der Waals surface area contributed by atoms with Gasteiger partial charge in [-0.1, -0.05) is 61.1 Å². The van der Waals surface area contributed by atoms with Crippen LogP contribution in [0, 0.1) is 20.2 Å². The number of phenolic OH excluding ortho intramolecular Hbond substituents is 1. The molecule has 0 bridgehead atoms. The maximum atomic E-state index is 10.8. The van der Waals surface area contributed by atoms with Crippen LogP contribution < -0.4 is 15.2 Å². The molecule has 276 valence electrons. The Balaban J connectivity index is 0.000000257. The molecule has 0 unspecified atom stereocenters. The summed E-state index contributed by atoms with van der Waals surface area (Å²) in [4.78, 5) is 22.6. The number of anilines is 1. The maximum absolute atomic E-state index is 10.8. The van der Waals surface area contributed by atoms with Gasteiger partial charge in [-0.3, -0.25) is 20.2 Å². The summed E-state index contributed by atoms with van der Waals surface area (Å²) < 4.78 is 12.6. The fraction of sp³-hybridized carbons (Fsp3) is 0.500. The van der Waals surface area contributed by atoms with Crippen molar-refractivity contribution in [3.05, 3.63) is 86.7 Å². The van der Waals surface area contributed by atoms with Gasteiger partial charge in [-0.2, -0.15) is 0 Å². The topological polar surface area (TPSA) is 151 Å². The molecule has 15 heteroatoms. The van der Waals surface area contributed by atoms with Crippen LogP contribution in [0.5, 0.6) is 17.2 Å². The minimum Gasteiger partial charge on any atom is -0.507 e. The minimum atomic E-state index is -0.498. The van der Waals surface area contributed by atoms with E-state index >= 15 is 0 Å². The second kappa shape index (κ2) is 22.6. The molecule has 3 saturated carbocycles. The number of hydrogen-bond acceptors (Lipinski definition) is 8. The number of methoxy groups -OCH3 is 2. The molecule has 10 nitrogen and oxygen atoms in total. The first-order chi connectivity index (χ1) is 23.9. The van der Waals surface area contributed by atoms with Gasteiger partial charge in [0.1, 0.15) is 17.2 Å². The Bertz CT molecular complexity index is 1620. The van der Waals surface area contributed by atoms with Crippen molar-refractivity contribution >= 4 is 87.4 Å². The number of aromatic hydroxyl groups is 1. The SMILES string of the molecule is CI.COc1cc(N)c(Br)cc1C1CCCC1.COc1cc([N+](=O)[O-])c(Br)cc1C1CCCC1.O=[N+]([O-])c1cc(O)c(C2CCCC2)cc1Br.[Zn]. The molecule has 0 aromatic heterocycles. The Morgan fingerprint density at radius 1 is 0.647 bits per heavy atom. The van der Waals surface area contributed by atoms with Gasteiger partial charge >= 0.3 is 0 Å². The van der Waals surface area contributed by atoms with E-state index < -0.39 is 9.85 Å². The van der Waals surface area contributed by atoms with E-state index in [9.17, 15) is 25.3 Å². The standard InChI is InChI=1S/C12H14BrNO3.C12H16BrNO.C11H12BrNO3.CH3I.Zn/c1-17-12-7-11(14(15)16)10(13)6-9(12)8-4-2-3-5-8;1-15-12-7-11(14)10(13)6-9(12)8-4-2-3-5-8;12-9-5-8(7-3-1-2-4-7)11(14)6-10(9)13(15)16;1-2;/h6-8H,2-5H2,1H3;6-8H,2-5,14H2,1H3;5-7,14H,1-4H2;1H3;. The van der Waals surface area contributed by atoms with E-state index in [0.29, 0.717) is 32.4 Å². The predicted molar refractivity (Wildman–Crippen MR) is 218 cm³/mol. The third kappa shape index (κ3) is 12.5. The molecular formula is C36H45Br3IN3O7Zn. The normalized spacial score (nSPS) is 15.7. The molecule has 3 aliphatic carbocycles. The van der Waals surface area contributed by atoms with E-state index in [2.05, 4.69) is 76.4 Å². The summed E-state index contributed by atoms with van der Waals surface area (Å²) in [6.45, 7) is 0. The van der Waals surface area contributed by atoms with Crippen molar-refractivity contribution in [1.82, 2.24) is 0 Å². The Labute approximate surface area is 352 Å². The Morgan fingerprint density at radius 2 is 0.980 bits per heavy atom. The van der Waals surface area contributed by atoms with E-state index in [0.717, 1.165) is 52.7 Å². The maximum Gasteiger partial charge on any atom is 0.287 e. The molecule has 3 aliphatic rings. The van der Waals surface area contributed by atoms with Gasteiger partial charge in [-0.25, -0.2) is 0 Å². The number of nitrogens with zero attached hydrogens (tertiary/aromatic N) is 2. The van der Waals surface area contributed by atoms with Gasteiger partial charge in [0.15, 0.2) is 0 Å². The molecule has 0 spiro atoms. The summed E-state index contributed by atoms with van der Waals surface area (Å²) in [7, 11) is 3.27. The van der Waals surface area contributed by atoms with E-state index in [1.807, 2.05) is 17.1 Å². The molecule has 0 amide bonds. The number of rotatable bonds is 7. The van der Waals surface area contributed by atoms with Crippen molar-refractivity contribution in [2.24, 2.45) is 0 Å². The van der Waals surface area contributed by atoms with E-state index in [1.165, 1.54) is 69.1 Å². The molecule has 3 fully saturated rings. The van der Waals surface area contributed by atoms with Crippen molar-refractivity contribution in [1.29, 1.82) is 0 Å². The molecule has 0 atom stereocenters. The van der Waals surface area contributed by atoms with Crippen LogP contribution in [0.3, 0.4) is 0 Å². The average Bonchev–Trinajstić information content (AvgIpc) is 3.92. The first kappa shape index (κ1) is 45.6. The number of hydrogen-bond donors (Lipinski definition) is 2. The van der Waals surface area contributed by atoms with Crippen molar-refractivity contribution in [2.75, 3.05) is 24.9 Å². The van der Waals surface area contributed by atoms with Crippen LogP contribution in [0.2, 0.25) is 0 Å². The monoisotopic (exact) mass is 1060 g/mol. The van der Waals surface area contributed by atoms with Gasteiger partial charge in [0, 0.05) is 35.7 Å². The Kier molecular flexibility index (Phi) is 20.2. The molecule has 51 heavy (non-hydrogen) atoms. The van der Waals surface area contributed by atoms with Crippen LogP contribution in [-0.2, 0) is 19.5 Å². The van der Waals surface area contributed by atoms with Gasteiger partial charge in [-0.15, -0.1) is 0 Å². The second-order valence-corrected chi connectivity index (χ2v) is 15.0. The van der Waals surface area contributed by atoms with Crippen molar-refractivity contribution in [2.45, 2.75) is 94.8 Å². The Hall–Kier alpha value is -1.55. The Morgan fingerprint density at radius 3 is 1.37 bits per heavy atom. The van der Waals surface area contributed by atoms with Crippen molar-refractivity contribution in [3.63, 3.8) is 0 Å². The number of halogens is 4. The fourth-order valence-corrected chi connectivity index (χ4v) is 8.39. The first-order valence-corrected chi connectivity index (χ1v) is 21.2. The molecule has 0 radical (unpaired) electrons. The third-order valence-electron chi connectivity index (χ3n) is 9.52. The summed E-state index contributed by atoms with van der Waals surface area (Å²) >= 11 is 12.1. The van der Waals surface area contributed by atoms with Crippen LogP contribution in [0.15, 0.2) is 49.8 Å². The molecule has 0 aliphatic heterocycles. The van der Waals surface area contributed by atoms with E-state index in [-0.39, 0.29) is 36.6 Å². The summed E-state index contributed by atoms with van der Waals surface area (Å²) in [6, 6.07) is 10.3. The number of alkyl halides is 1. The average molecular weight is 1060 g/mol. The first-order valence-electron chi connectivity index (χ1n) is 16.6. The predicted octanol–water partition coefficient (Wildman–Crippen LogP) is 12.5. The summed E-state index contributed by atoms with van der Waals surface area (Å²) in [5, 5.41) is 31.3. The van der Waals surface area contributed by atoms with Gasteiger partial charge in [-0.05, 0) is 144 Å². The smallest absolute Gasteiger partial charge is 0.287 e. The van der Waals surface area contributed by atoms with Crippen LogP contribution >= 0.6 is 70.4 Å². The van der Waals surface area contributed by atoms with Crippen LogP contribution in [-0.4, -0.2) is 34.1 Å². The van der Waals surface area contributed by atoms with Crippen LogP contribution in [0.25, 0.3) is 0 Å². The van der Waals surface area contributed by atoms with E-state index in [1.54, 1.807) is 20.3 Å². The van der Waals surface area contributed by atoms with Crippen LogP contribution in [0.4, 0.5) is 17.1 Å². The molecule has 0 heterocycles. The number of nitrogen functional groups attached to an aromatic ring is 1. The second-order valence-electron chi connectivity index (χ2n) is 12.5. The third-order valence-corrected chi connectivity index (χ3v) is 11.5. The minimum absolute atomic E-state index is 0. The number of nitro groups is 2. The van der Waals surface area contributed by atoms with Crippen LogP contribution in [0.1, 0.15) is 111 Å². The molecule has 3 aromatic rings. The molecular weight excluding hydrogens is 1020 g/mol. The number of ether oxygens (including phenoxy) is 2. The zero-order valence-electron chi connectivity index (χ0n) is 29.3. The number of benzene rings is 3. The zero-order chi connectivity index (χ0) is 37.0. The molecule has 3 aromatic carbocycles. The quantitative estimate of drug-likeness (QED) is 0.0593. The van der Waals surface area contributed by atoms with Gasteiger partial charge < -0.3 is 20.3 Å². The van der Waals surface area contributed by atoms with Gasteiger partial charge in [0.25, 0.3) is 11.4 Å².